The highest BCUT2D eigenvalue weighted by Gasteiger charge is 2.31. The number of esters is 1. The van der Waals surface area contributed by atoms with E-state index in [1.807, 2.05) is 53.0 Å². The lowest BCUT2D eigenvalue weighted by molar-refractivity contribution is -0.141. The molecule has 0 radical (unpaired) electrons. The SMILES string of the molecule is COC(=O)CCCCCN(C(=O)CNC(=O)[C@@H](CCSC)NC(=O)[C@H](N)Cc1c(C)cc(O)cc1C)[C@@H](Cc1c(C)cc(C)cc1C)C(N)=O. The van der Waals surface area contributed by atoms with Crippen molar-refractivity contribution in [2.75, 3.05) is 32.2 Å². The minimum atomic E-state index is -0.975. The number of aromatic hydroxyl groups is 1. The maximum atomic E-state index is 13.8. The molecule has 276 valence electrons. The van der Waals surface area contributed by atoms with Gasteiger partial charge in [-0.1, -0.05) is 24.1 Å². The molecule has 2 rings (SSSR count). The van der Waals surface area contributed by atoms with Crippen molar-refractivity contribution < 1.29 is 33.8 Å². The van der Waals surface area contributed by atoms with Crippen molar-refractivity contribution in [3.05, 3.63) is 63.2 Å². The molecule has 0 saturated carbocycles. The van der Waals surface area contributed by atoms with Gasteiger partial charge in [0.25, 0.3) is 0 Å². The third-order valence-electron chi connectivity index (χ3n) is 8.87. The monoisotopic (exact) mass is 713 g/mol. The van der Waals surface area contributed by atoms with Gasteiger partial charge in [-0.25, -0.2) is 0 Å². The lowest BCUT2D eigenvalue weighted by Crippen LogP contribution is -2.55. The zero-order valence-corrected chi connectivity index (χ0v) is 31.3. The Labute approximate surface area is 300 Å². The number of phenolic OH excluding ortho intramolecular Hbond substituents is 1. The lowest BCUT2D eigenvalue weighted by atomic mass is 9.93. The van der Waals surface area contributed by atoms with Crippen LogP contribution in [0, 0.1) is 34.6 Å². The molecule has 0 bridgehead atoms. The molecule has 2 aromatic carbocycles. The van der Waals surface area contributed by atoms with E-state index in [4.69, 9.17) is 16.2 Å². The van der Waals surface area contributed by atoms with Crippen molar-refractivity contribution in [3.8, 4) is 5.75 Å². The Morgan fingerprint density at radius 2 is 1.46 bits per heavy atom. The fourth-order valence-corrected chi connectivity index (χ4v) is 6.62. The minimum absolute atomic E-state index is 0.129. The van der Waals surface area contributed by atoms with Gasteiger partial charge in [-0.15, -0.1) is 0 Å². The lowest BCUT2D eigenvalue weighted by Gasteiger charge is -2.31. The third kappa shape index (κ3) is 13.0. The number of hydrogen-bond acceptors (Lipinski definition) is 9. The van der Waals surface area contributed by atoms with Gasteiger partial charge >= 0.3 is 5.97 Å². The highest BCUT2D eigenvalue weighted by Crippen LogP contribution is 2.23. The Balaban J connectivity index is 2.22. The van der Waals surface area contributed by atoms with Crippen LogP contribution >= 0.6 is 11.8 Å². The van der Waals surface area contributed by atoms with Crippen molar-refractivity contribution in [1.82, 2.24) is 15.5 Å². The van der Waals surface area contributed by atoms with Crippen LogP contribution in [0.25, 0.3) is 0 Å². The van der Waals surface area contributed by atoms with Gasteiger partial charge in [-0.2, -0.15) is 11.8 Å². The van der Waals surface area contributed by atoms with E-state index in [9.17, 15) is 29.1 Å². The largest absolute Gasteiger partial charge is 0.508 e. The number of benzene rings is 2. The number of phenols is 1. The molecule has 0 saturated heterocycles. The van der Waals surface area contributed by atoms with Gasteiger partial charge in [0, 0.05) is 19.4 Å². The number of thioether (sulfide) groups is 1. The standard InChI is InChI=1S/C37H55N5O7S/c1-22-15-23(2)29(24(3)16-22)20-32(35(39)46)42(13-10-8-9-11-34(45)49-6)33(44)21-40-37(48)31(12-14-50-7)41-36(47)30(38)19-28-25(4)17-27(43)18-26(28)5/h15-18,30-32,43H,8-14,19-21,38H2,1-7H3,(H2,39,46)(H,40,48)(H,41,47)/t30-,31-,32+/m1/s1. The predicted molar refractivity (Wildman–Crippen MR) is 197 cm³/mol. The summed E-state index contributed by atoms with van der Waals surface area (Å²) in [7, 11) is 1.33. The first kappa shape index (κ1) is 42.1. The molecule has 0 aromatic heterocycles. The fourth-order valence-electron chi connectivity index (χ4n) is 6.15. The van der Waals surface area contributed by atoms with Crippen LogP contribution in [-0.2, 0) is 41.6 Å². The van der Waals surface area contributed by atoms with Crippen LogP contribution < -0.4 is 22.1 Å². The van der Waals surface area contributed by atoms with Crippen LogP contribution in [-0.4, -0.2) is 89.9 Å². The quantitative estimate of drug-likeness (QED) is 0.101. The van der Waals surface area contributed by atoms with Gasteiger partial charge in [-0.3, -0.25) is 24.0 Å². The van der Waals surface area contributed by atoms with Gasteiger partial charge < -0.3 is 36.8 Å². The summed E-state index contributed by atoms with van der Waals surface area (Å²) in [6.45, 7) is 9.32. The predicted octanol–water partition coefficient (Wildman–Crippen LogP) is 2.82. The molecule has 0 aliphatic carbocycles. The van der Waals surface area contributed by atoms with Crippen molar-refractivity contribution in [3.63, 3.8) is 0 Å². The second-order valence-electron chi connectivity index (χ2n) is 12.9. The molecule has 3 atom stereocenters. The summed E-state index contributed by atoms with van der Waals surface area (Å²) in [6.07, 6.45) is 4.49. The minimum Gasteiger partial charge on any atom is -0.508 e. The number of primary amides is 1. The van der Waals surface area contributed by atoms with Gasteiger partial charge in [0.1, 0.15) is 17.8 Å². The summed E-state index contributed by atoms with van der Waals surface area (Å²) in [6, 6.07) is 4.36. The smallest absolute Gasteiger partial charge is 0.305 e. The fraction of sp³-hybridized carbons (Fsp3) is 0.541. The second kappa shape index (κ2) is 20.5. The Kier molecular flexibility index (Phi) is 17.3. The summed E-state index contributed by atoms with van der Waals surface area (Å²) in [5.74, 6) is -1.87. The van der Waals surface area contributed by atoms with Crippen LogP contribution in [0.4, 0.5) is 0 Å². The van der Waals surface area contributed by atoms with Crippen molar-refractivity contribution in [2.24, 2.45) is 11.5 Å². The van der Waals surface area contributed by atoms with Crippen LogP contribution in [0.15, 0.2) is 24.3 Å². The maximum absolute atomic E-state index is 13.8. The molecule has 0 fully saturated rings. The normalized spacial score (nSPS) is 12.8. The van der Waals surface area contributed by atoms with Crippen LogP contribution in [0.1, 0.15) is 71.0 Å². The first-order chi connectivity index (χ1) is 23.6. The molecule has 0 unspecified atom stereocenters. The Morgan fingerprint density at radius 3 is 2.02 bits per heavy atom. The molecule has 0 aliphatic rings. The van der Waals surface area contributed by atoms with E-state index in [0.717, 1.165) is 38.9 Å². The number of unbranched alkanes of at least 4 members (excludes halogenated alkanes) is 2. The molecule has 50 heavy (non-hydrogen) atoms. The number of amides is 4. The number of rotatable bonds is 20. The highest BCUT2D eigenvalue weighted by molar-refractivity contribution is 7.98. The molecule has 7 N–H and O–H groups in total. The molecule has 2 aromatic rings. The number of nitrogens with one attached hydrogen (secondary N) is 2. The number of ether oxygens (including phenoxy) is 1. The van der Waals surface area contributed by atoms with Crippen molar-refractivity contribution in [2.45, 2.75) is 97.7 Å². The molecular formula is C37H55N5O7S. The molecular weight excluding hydrogens is 659 g/mol. The van der Waals surface area contributed by atoms with E-state index < -0.39 is 48.3 Å². The average Bonchev–Trinajstić information content (AvgIpc) is 3.04. The Morgan fingerprint density at radius 1 is 0.880 bits per heavy atom. The number of methoxy groups -OCH3 is 1. The number of nitrogens with two attached hydrogens (primary N) is 2. The second-order valence-corrected chi connectivity index (χ2v) is 13.9. The summed E-state index contributed by atoms with van der Waals surface area (Å²) in [4.78, 5) is 66.3. The number of nitrogens with zero attached hydrogens (tertiary/aromatic N) is 1. The zero-order chi connectivity index (χ0) is 37.5. The molecule has 0 heterocycles. The van der Waals surface area contributed by atoms with Crippen LogP contribution in [0.5, 0.6) is 5.75 Å². The van der Waals surface area contributed by atoms with Gasteiger partial charge in [0.15, 0.2) is 0 Å². The van der Waals surface area contributed by atoms with E-state index >= 15 is 0 Å². The van der Waals surface area contributed by atoms with Crippen molar-refractivity contribution in [1.29, 1.82) is 0 Å². The van der Waals surface area contributed by atoms with E-state index in [1.165, 1.54) is 23.8 Å². The molecule has 4 amide bonds. The van der Waals surface area contributed by atoms with Gasteiger partial charge in [0.2, 0.25) is 23.6 Å². The molecule has 13 heteroatoms. The third-order valence-corrected chi connectivity index (χ3v) is 9.51. The summed E-state index contributed by atoms with van der Waals surface area (Å²) < 4.78 is 4.71. The average molecular weight is 714 g/mol. The number of hydrogen-bond donors (Lipinski definition) is 5. The molecule has 0 spiro atoms. The maximum Gasteiger partial charge on any atom is 0.305 e. The van der Waals surface area contributed by atoms with E-state index in [0.29, 0.717) is 31.4 Å². The summed E-state index contributed by atoms with van der Waals surface area (Å²) in [5.41, 5.74) is 18.6. The summed E-state index contributed by atoms with van der Waals surface area (Å²) in [5, 5.41) is 15.3. The van der Waals surface area contributed by atoms with Gasteiger partial charge in [0.05, 0.1) is 19.7 Å². The Bertz CT molecular complexity index is 1470. The number of aryl methyl sites for hydroxylation is 5. The topological polar surface area (TPSA) is 194 Å². The van der Waals surface area contributed by atoms with E-state index in [-0.39, 0.29) is 37.5 Å². The number of carbonyl (C=O) groups excluding carboxylic acids is 5. The van der Waals surface area contributed by atoms with Crippen molar-refractivity contribution >= 4 is 41.4 Å². The summed E-state index contributed by atoms with van der Waals surface area (Å²) >= 11 is 1.51. The van der Waals surface area contributed by atoms with E-state index in [1.54, 1.807) is 12.1 Å². The van der Waals surface area contributed by atoms with Crippen LogP contribution in [0.2, 0.25) is 0 Å². The first-order valence-corrected chi connectivity index (χ1v) is 18.3. The zero-order valence-electron chi connectivity index (χ0n) is 30.5. The first-order valence-electron chi connectivity index (χ1n) is 16.9. The Hall–Kier alpha value is -4.10. The molecule has 12 nitrogen and oxygen atoms in total. The highest BCUT2D eigenvalue weighted by atomic mass is 32.2. The molecule has 0 aliphatic heterocycles. The van der Waals surface area contributed by atoms with Crippen LogP contribution in [0.3, 0.4) is 0 Å². The van der Waals surface area contributed by atoms with E-state index in [2.05, 4.69) is 10.6 Å². The number of carbonyl (C=O) groups is 5. The van der Waals surface area contributed by atoms with Gasteiger partial charge in [-0.05, 0) is 118 Å².